The summed E-state index contributed by atoms with van der Waals surface area (Å²) in [7, 11) is -4.92. The number of carboxylic acid groups (broad SMARTS) is 2. The number of aliphatic carboxylic acids is 2. The van der Waals surface area contributed by atoms with E-state index in [1.54, 1.807) is 0 Å². The van der Waals surface area contributed by atoms with Gasteiger partial charge in [0.1, 0.15) is 12.1 Å². The first-order valence-electron chi connectivity index (χ1n) is 6.91. The molecule has 150 valence electrons. The van der Waals surface area contributed by atoms with E-state index in [0.29, 0.717) is 0 Å². The second kappa shape index (κ2) is 10.9. The molecule has 0 heterocycles. The van der Waals surface area contributed by atoms with Crippen LogP contribution in [0.2, 0.25) is 0 Å². The molecule has 7 N–H and O–H groups in total. The van der Waals surface area contributed by atoms with Crippen molar-refractivity contribution in [3.8, 4) is 0 Å². The molecular formula is C11H19N3O10S2. The van der Waals surface area contributed by atoms with Crippen LogP contribution in [0.4, 0.5) is 0 Å². The topological polar surface area (TPSA) is 222 Å². The van der Waals surface area contributed by atoms with E-state index in [1.807, 2.05) is 5.32 Å². The molecule has 2 amide bonds. The minimum atomic E-state index is -4.92. The van der Waals surface area contributed by atoms with Gasteiger partial charge < -0.3 is 26.6 Å². The highest BCUT2D eigenvalue weighted by Gasteiger charge is 2.27. The lowest BCUT2D eigenvalue weighted by Gasteiger charge is -2.20. The van der Waals surface area contributed by atoms with E-state index < -0.39 is 58.9 Å². The maximum atomic E-state index is 12.0. The van der Waals surface area contributed by atoms with Gasteiger partial charge >= 0.3 is 22.3 Å². The van der Waals surface area contributed by atoms with Gasteiger partial charge in [-0.1, -0.05) is 0 Å². The fourth-order valence-corrected chi connectivity index (χ4v) is 2.04. The van der Waals surface area contributed by atoms with Crippen molar-refractivity contribution in [3.63, 3.8) is 0 Å². The first-order valence-corrected chi connectivity index (χ1v) is 8.90. The third-order valence-corrected chi connectivity index (χ3v) is 3.63. The molecular weight excluding hydrogens is 398 g/mol. The van der Waals surface area contributed by atoms with Crippen LogP contribution in [0.15, 0.2) is 0 Å². The Morgan fingerprint density at radius 2 is 1.65 bits per heavy atom. The largest absolute Gasteiger partial charge is 0.480 e. The number of carbonyl (C=O) groups is 4. The van der Waals surface area contributed by atoms with Gasteiger partial charge in [0.2, 0.25) is 11.8 Å². The van der Waals surface area contributed by atoms with Crippen molar-refractivity contribution < 1.29 is 46.5 Å². The number of amides is 2. The van der Waals surface area contributed by atoms with Gasteiger partial charge in [-0.15, -0.1) is 0 Å². The zero-order valence-electron chi connectivity index (χ0n) is 13.2. The Labute approximate surface area is 153 Å². The van der Waals surface area contributed by atoms with Gasteiger partial charge in [-0.05, 0) is 6.42 Å². The van der Waals surface area contributed by atoms with Crippen LogP contribution in [0, 0.1) is 0 Å². The Morgan fingerprint density at radius 1 is 1.08 bits per heavy atom. The van der Waals surface area contributed by atoms with Gasteiger partial charge in [-0.3, -0.25) is 18.9 Å². The van der Waals surface area contributed by atoms with Gasteiger partial charge in [-0.2, -0.15) is 21.0 Å². The van der Waals surface area contributed by atoms with Gasteiger partial charge in [0.25, 0.3) is 0 Å². The smallest absolute Gasteiger partial charge is 0.397 e. The number of rotatable bonds is 12. The van der Waals surface area contributed by atoms with E-state index in [-0.39, 0.29) is 18.6 Å². The summed E-state index contributed by atoms with van der Waals surface area (Å²) >= 11 is 3.83. The van der Waals surface area contributed by atoms with E-state index >= 15 is 0 Å². The summed E-state index contributed by atoms with van der Waals surface area (Å²) in [5.74, 6) is -4.93. The van der Waals surface area contributed by atoms with Crippen LogP contribution in [-0.2, 0) is 33.8 Å². The molecule has 0 aromatic heterocycles. The van der Waals surface area contributed by atoms with Crippen molar-refractivity contribution in [1.82, 2.24) is 10.6 Å². The lowest BCUT2D eigenvalue weighted by molar-refractivity contribution is -0.143. The average Bonchev–Trinajstić information content (AvgIpc) is 2.52. The highest BCUT2D eigenvalue weighted by atomic mass is 32.3. The SMILES string of the molecule is N[C@@H](CCC(=O)N[C@@H](CS)C(=O)N[C@@H](COS(=O)(=O)O)C(=O)O)C(=O)O. The predicted molar refractivity (Wildman–Crippen MR) is 87.7 cm³/mol. The third-order valence-electron chi connectivity index (χ3n) is 2.83. The molecule has 13 nitrogen and oxygen atoms in total. The van der Waals surface area contributed by atoms with Crippen LogP contribution in [0.25, 0.3) is 0 Å². The molecule has 0 aliphatic carbocycles. The normalized spacial score (nSPS) is 14.7. The second-order valence-electron chi connectivity index (χ2n) is 4.90. The van der Waals surface area contributed by atoms with Crippen LogP contribution in [0.1, 0.15) is 12.8 Å². The standard InChI is InChI=1S/C11H19N3O10S2/c12-5(10(17)18)1-2-8(15)13-7(4-25)9(16)14-6(11(19)20)3-24-26(21,22)23/h5-7,25H,1-4,12H2,(H,13,15)(H,14,16)(H,17,18)(H,19,20)(H,21,22,23)/t5-,6-,7-/m0/s1. The molecule has 0 fully saturated rings. The van der Waals surface area contributed by atoms with Crippen LogP contribution in [0.3, 0.4) is 0 Å². The molecule has 0 radical (unpaired) electrons. The fourth-order valence-electron chi connectivity index (χ4n) is 1.47. The van der Waals surface area contributed by atoms with Gasteiger partial charge in [0.15, 0.2) is 6.04 Å². The lowest BCUT2D eigenvalue weighted by atomic mass is 10.1. The van der Waals surface area contributed by atoms with E-state index in [9.17, 15) is 27.6 Å². The Balaban J connectivity index is 4.71. The maximum Gasteiger partial charge on any atom is 0.397 e. The van der Waals surface area contributed by atoms with Crippen molar-refractivity contribution >= 4 is 46.8 Å². The first kappa shape index (κ1) is 24.1. The van der Waals surface area contributed by atoms with Crippen molar-refractivity contribution in [3.05, 3.63) is 0 Å². The Hall–Kier alpha value is -1.94. The van der Waals surface area contributed by atoms with Crippen LogP contribution in [0.5, 0.6) is 0 Å². The molecule has 0 spiro atoms. The Kier molecular flexibility index (Phi) is 10.1. The summed E-state index contributed by atoms with van der Waals surface area (Å²) < 4.78 is 33.2. The molecule has 0 rings (SSSR count). The zero-order chi connectivity index (χ0) is 20.5. The van der Waals surface area contributed by atoms with Crippen molar-refractivity contribution in [2.75, 3.05) is 12.4 Å². The highest BCUT2D eigenvalue weighted by molar-refractivity contribution is 7.81. The summed E-state index contributed by atoms with van der Waals surface area (Å²) in [4.78, 5) is 45.2. The van der Waals surface area contributed by atoms with Crippen molar-refractivity contribution in [2.45, 2.75) is 31.0 Å². The summed E-state index contributed by atoms with van der Waals surface area (Å²) in [5.41, 5.74) is 5.23. The summed E-state index contributed by atoms with van der Waals surface area (Å²) in [6.07, 6.45) is -0.499. The summed E-state index contributed by atoms with van der Waals surface area (Å²) in [5, 5.41) is 21.6. The van der Waals surface area contributed by atoms with Gasteiger partial charge in [0, 0.05) is 12.2 Å². The van der Waals surface area contributed by atoms with Crippen LogP contribution < -0.4 is 16.4 Å². The summed E-state index contributed by atoms with van der Waals surface area (Å²) in [6.45, 7) is -1.08. The molecule has 0 aliphatic heterocycles. The highest BCUT2D eigenvalue weighted by Crippen LogP contribution is 1.99. The van der Waals surface area contributed by atoms with Gasteiger partial charge in [0.05, 0.1) is 6.61 Å². The maximum absolute atomic E-state index is 12.0. The van der Waals surface area contributed by atoms with E-state index in [2.05, 4.69) is 22.1 Å². The predicted octanol–water partition coefficient (Wildman–Crippen LogP) is -3.02. The quantitative estimate of drug-likeness (QED) is 0.125. The lowest BCUT2D eigenvalue weighted by Crippen LogP contribution is -2.54. The molecule has 15 heteroatoms. The fraction of sp³-hybridized carbons (Fsp3) is 0.636. The molecule has 26 heavy (non-hydrogen) atoms. The monoisotopic (exact) mass is 417 g/mol. The van der Waals surface area contributed by atoms with E-state index in [4.69, 9.17) is 20.5 Å². The molecule has 0 aromatic rings. The van der Waals surface area contributed by atoms with Crippen LogP contribution in [-0.4, -0.2) is 77.4 Å². The van der Waals surface area contributed by atoms with Crippen molar-refractivity contribution in [1.29, 1.82) is 0 Å². The molecule has 0 aromatic carbocycles. The summed E-state index contributed by atoms with van der Waals surface area (Å²) in [6, 6.07) is -4.39. The minimum absolute atomic E-state index is 0.192. The number of nitrogens with one attached hydrogen (secondary N) is 2. The molecule has 0 saturated carbocycles. The molecule has 0 bridgehead atoms. The number of nitrogens with two attached hydrogens (primary N) is 1. The number of thiol groups is 1. The molecule has 3 atom stereocenters. The number of carboxylic acids is 2. The van der Waals surface area contributed by atoms with E-state index in [1.165, 1.54) is 0 Å². The molecule has 0 aliphatic rings. The van der Waals surface area contributed by atoms with E-state index in [0.717, 1.165) is 0 Å². The number of hydrogen-bond donors (Lipinski definition) is 7. The van der Waals surface area contributed by atoms with Gasteiger partial charge in [-0.25, -0.2) is 8.98 Å². The Bertz CT molecular complexity index is 638. The number of hydrogen-bond acceptors (Lipinski definition) is 9. The van der Waals surface area contributed by atoms with Crippen molar-refractivity contribution in [2.24, 2.45) is 5.73 Å². The second-order valence-corrected chi connectivity index (χ2v) is 6.35. The zero-order valence-corrected chi connectivity index (χ0v) is 14.9. The first-order chi connectivity index (χ1) is 11.9. The number of carbonyl (C=O) groups excluding carboxylic acids is 2. The Morgan fingerprint density at radius 3 is 2.08 bits per heavy atom. The molecule has 0 saturated heterocycles. The van der Waals surface area contributed by atoms with Crippen LogP contribution >= 0.6 is 12.6 Å². The third kappa shape index (κ3) is 10.1. The minimum Gasteiger partial charge on any atom is -0.480 e. The average molecular weight is 417 g/mol. The molecule has 0 unspecified atom stereocenters.